The zero-order valence-corrected chi connectivity index (χ0v) is 19.5. The van der Waals surface area contributed by atoms with Crippen molar-refractivity contribution in [2.45, 2.75) is 59.9 Å². The van der Waals surface area contributed by atoms with Gasteiger partial charge in [-0.2, -0.15) is 0 Å². The lowest BCUT2D eigenvalue weighted by Gasteiger charge is -2.35. The molecule has 1 heterocycles. The largest absolute Gasteiger partial charge is 0.370 e. The normalized spacial score (nSPS) is 19.5. The van der Waals surface area contributed by atoms with E-state index in [4.69, 9.17) is 5.73 Å². The van der Waals surface area contributed by atoms with E-state index in [1.54, 1.807) is 0 Å². The van der Waals surface area contributed by atoms with Gasteiger partial charge in [0.15, 0.2) is 5.96 Å². The molecule has 0 amide bonds. The molecule has 25 heavy (non-hydrogen) atoms. The number of rotatable bonds is 10. The Morgan fingerprint density at radius 2 is 1.64 bits per heavy atom. The summed E-state index contributed by atoms with van der Waals surface area (Å²) in [6, 6.07) is 0.407. The predicted octanol–water partition coefficient (Wildman–Crippen LogP) is 3.00. The topological polar surface area (TPSA) is 56.9 Å². The molecule has 1 aliphatic heterocycles. The van der Waals surface area contributed by atoms with Crippen LogP contribution in [0.25, 0.3) is 0 Å². The highest BCUT2D eigenvalue weighted by Gasteiger charge is 2.17. The lowest BCUT2D eigenvalue weighted by Crippen LogP contribution is -2.47. The lowest BCUT2D eigenvalue weighted by atomic mass is 10.0. The van der Waals surface area contributed by atoms with Crippen LogP contribution >= 0.6 is 24.0 Å². The highest BCUT2D eigenvalue weighted by Crippen LogP contribution is 2.08. The minimum Gasteiger partial charge on any atom is -0.370 e. The van der Waals surface area contributed by atoms with Crippen LogP contribution in [0.3, 0.4) is 0 Å². The van der Waals surface area contributed by atoms with Crippen LogP contribution in [0.5, 0.6) is 0 Å². The highest BCUT2D eigenvalue weighted by molar-refractivity contribution is 14.0. The maximum Gasteiger partial charge on any atom is 0.188 e. The number of aliphatic imine (C=N–C) groups is 1. The summed E-state index contributed by atoms with van der Waals surface area (Å²) in [5.74, 6) is 1.94. The Labute approximate surface area is 173 Å². The first-order chi connectivity index (χ1) is 11.4. The number of nitrogens with zero attached hydrogens (tertiary/aromatic N) is 3. The maximum atomic E-state index is 6.04. The third-order valence-electron chi connectivity index (χ3n) is 4.87. The van der Waals surface area contributed by atoms with Crippen molar-refractivity contribution in [1.82, 2.24) is 15.1 Å². The summed E-state index contributed by atoms with van der Waals surface area (Å²) >= 11 is 0. The first-order valence-corrected chi connectivity index (χ1v) is 9.91. The Morgan fingerprint density at radius 1 is 1.04 bits per heavy atom. The molecule has 2 atom stereocenters. The Balaban J connectivity index is 0.00000576. The minimum absolute atomic E-state index is 0. The van der Waals surface area contributed by atoms with Crippen molar-refractivity contribution in [3.05, 3.63) is 0 Å². The lowest BCUT2D eigenvalue weighted by molar-refractivity contribution is 0.125. The van der Waals surface area contributed by atoms with Gasteiger partial charge in [0.05, 0.1) is 0 Å². The second-order valence-corrected chi connectivity index (χ2v) is 7.94. The Hall–Kier alpha value is -0.0800. The summed E-state index contributed by atoms with van der Waals surface area (Å²) in [4.78, 5) is 9.63. The van der Waals surface area contributed by atoms with Crippen molar-refractivity contribution in [2.24, 2.45) is 22.6 Å². The molecule has 1 saturated heterocycles. The van der Waals surface area contributed by atoms with Gasteiger partial charge in [-0.05, 0) is 31.7 Å². The standard InChI is InChI=1S/C19H41N5.HI/c1-6-23-10-12-24(13-11-23)15-17(4)14-21-19(20)22-18(5)9-7-8-16(2)3;/h16-18H,6-15H2,1-5H3,(H3,20,21,22);1H. The number of piperazine rings is 1. The molecule has 0 aliphatic carbocycles. The molecular weight excluding hydrogens is 425 g/mol. The van der Waals surface area contributed by atoms with Gasteiger partial charge in [0.1, 0.15) is 0 Å². The molecule has 1 rings (SSSR count). The molecule has 3 N–H and O–H groups in total. The van der Waals surface area contributed by atoms with E-state index in [1.165, 1.54) is 45.6 Å². The van der Waals surface area contributed by atoms with E-state index in [-0.39, 0.29) is 24.0 Å². The fourth-order valence-corrected chi connectivity index (χ4v) is 3.24. The second-order valence-electron chi connectivity index (χ2n) is 7.94. The van der Waals surface area contributed by atoms with E-state index in [2.05, 4.69) is 54.7 Å². The van der Waals surface area contributed by atoms with Crippen LogP contribution in [0.1, 0.15) is 53.9 Å². The molecule has 0 aromatic rings. The van der Waals surface area contributed by atoms with Gasteiger partial charge in [0.2, 0.25) is 0 Å². The van der Waals surface area contributed by atoms with Crippen LogP contribution in [-0.4, -0.2) is 67.6 Å². The van der Waals surface area contributed by atoms with Crippen LogP contribution in [0.2, 0.25) is 0 Å². The Morgan fingerprint density at radius 3 is 2.20 bits per heavy atom. The first-order valence-electron chi connectivity index (χ1n) is 9.91. The van der Waals surface area contributed by atoms with Gasteiger partial charge in [-0.15, -0.1) is 24.0 Å². The SMILES string of the molecule is CCN1CCN(CC(C)CN=C(N)NC(C)CCCC(C)C)CC1.I. The predicted molar refractivity (Wildman–Crippen MR) is 121 cm³/mol. The van der Waals surface area contributed by atoms with Gasteiger partial charge >= 0.3 is 0 Å². The smallest absolute Gasteiger partial charge is 0.188 e. The van der Waals surface area contributed by atoms with E-state index in [0.717, 1.165) is 25.4 Å². The first kappa shape index (κ1) is 24.9. The van der Waals surface area contributed by atoms with Crippen LogP contribution in [0, 0.1) is 11.8 Å². The molecular formula is C19H42IN5. The van der Waals surface area contributed by atoms with Gasteiger partial charge in [-0.25, -0.2) is 0 Å². The van der Waals surface area contributed by atoms with E-state index in [0.29, 0.717) is 17.9 Å². The number of hydrogen-bond donors (Lipinski definition) is 2. The molecule has 0 bridgehead atoms. The highest BCUT2D eigenvalue weighted by atomic mass is 127. The number of nitrogens with one attached hydrogen (secondary N) is 1. The van der Waals surface area contributed by atoms with Crippen molar-refractivity contribution in [2.75, 3.05) is 45.8 Å². The van der Waals surface area contributed by atoms with Gasteiger partial charge in [-0.3, -0.25) is 4.99 Å². The summed E-state index contributed by atoms with van der Waals surface area (Å²) in [7, 11) is 0. The van der Waals surface area contributed by atoms with Crippen molar-refractivity contribution < 1.29 is 0 Å². The molecule has 2 unspecified atom stereocenters. The van der Waals surface area contributed by atoms with Crippen LogP contribution in [-0.2, 0) is 0 Å². The van der Waals surface area contributed by atoms with E-state index in [1.807, 2.05) is 0 Å². The molecule has 150 valence electrons. The summed E-state index contributed by atoms with van der Waals surface area (Å²) in [5, 5.41) is 3.33. The molecule has 0 saturated carbocycles. The van der Waals surface area contributed by atoms with E-state index in [9.17, 15) is 0 Å². The molecule has 5 nitrogen and oxygen atoms in total. The maximum absolute atomic E-state index is 6.04. The average Bonchev–Trinajstić information content (AvgIpc) is 2.53. The molecule has 0 aromatic carbocycles. The fourth-order valence-electron chi connectivity index (χ4n) is 3.24. The van der Waals surface area contributed by atoms with Gasteiger partial charge in [-0.1, -0.05) is 40.5 Å². The van der Waals surface area contributed by atoms with Crippen molar-refractivity contribution in [1.29, 1.82) is 0 Å². The van der Waals surface area contributed by atoms with Crippen LogP contribution < -0.4 is 11.1 Å². The summed E-state index contributed by atoms with van der Waals surface area (Å²) in [5.41, 5.74) is 6.04. The number of halogens is 1. The van der Waals surface area contributed by atoms with Gasteiger partial charge in [0, 0.05) is 45.3 Å². The number of nitrogens with two attached hydrogens (primary N) is 1. The van der Waals surface area contributed by atoms with E-state index >= 15 is 0 Å². The summed E-state index contributed by atoms with van der Waals surface area (Å²) in [6.45, 7) is 19.1. The van der Waals surface area contributed by atoms with Crippen LogP contribution in [0.15, 0.2) is 4.99 Å². The second kappa shape index (κ2) is 14.0. The van der Waals surface area contributed by atoms with Crippen LogP contribution in [0.4, 0.5) is 0 Å². The quantitative estimate of drug-likeness (QED) is 0.295. The molecule has 1 aliphatic rings. The Kier molecular flexibility index (Phi) is 14.0. The zero-order valence-electron chi connectivity index (χ0n) is 17.1. The van der Waals surface area contributed by atoms with Gasteiger partial charge in [0.25, 0.3) is 0 Å². The number of guanidine groups is 1. The van der Waals surface area contributed by atoms with Crippen molar-refractivity contribution >= 4 is 29.9 Å². The molecule has 1 fully saturated rings. The third kappa shape index (κ3) is 12.0. The summed E-state index contributed by atoms with van der Waals surface area (Å²) < 4.78 is 0. The summed E-state index contributed by atoms with van der Waals surface area (Å²) in [6.07, 6.45) is 3.69. The van der Waals surface area contributed by atoms with Gasteiger partial charge < -0.3 is 20.9 Å². The molecule has 0 radical (unpaired) electrons. The molecule has 0 spiro atoms. The monoisotopic (exact) mass is 467 g/mol. The fraction of sp³-hybridized carbons (Fsp3) is 0.947. The number of hydrogen-bond acceptors (Lipinski definition) is 3. The average molecular weight is 467 g/mol. The van der Waals surface area contributed by atoms with Crippen molar-refractivity contribution in [3.63, 3.8) is 0 Å². The minimum atomic E-state index is 0. The Bertz CT molecular complexity index is 354. The third-order valence-corrected chi connectivity index (χ3v) is 4.87. The zero-order chi connectivity index (χ0) is 17.9. The van der Waals surface area contributed by atoms with Crippen molar-refractivity contribution in [3.8, 4) is 0 Å². The number of likely N-dealkylation sites (N-methyl/N-ethyl adjacent to an activating group) is 1. The molecule has 0 aromatic heterocycles. The van der Waals surface area contributed by atoms with E-state index < -0.39 is 0 Å². The molecule has 6 heteroatoms.